The minimum atomic E-state index is -0.643. The molecule has 1 aliphatic carbocycles. The molecule has 0 amide bonds. The Hall–Kier alpha value is -0.880. The number of nitriles is 1. The minimum Gasteiger partial charge on any atom is -0.392 e. The number of Topliss-reactive ketones (excluding diaryl/α,β-unsaturated/α-hetero) is 1. The highest BCUT2D eigenvalue weighted by Gasteiger charge is 2.44. The molecule has 0 aliphatic heterocycles. The topological polar surface area (TPSA) is 61.1 Å². The summed E-state index contributed by atoms with van der Waals surface area (Å²) in [5.74, 6) is 0.102. The second kappa shape index (κ2) is 3.24. The number of nitrogens with zero attached hydrogens (tertiary/aromatic N) is 1. The van der Waals surface area contributed by atoms with Gasteiger partial charge in [0, 0.05) is 12.8 Å². The fourth-order valence-corrected chi connectivity index (χ4v) is 1.68. The van der Waals surface area contributed by atoms with Crippen molar-refractivity contribution in [1.82, 2.24) is 0 Å². The van der Waals surface area contributed by atoms with Crippen molar-refractivity contribution in [3.05, 3.63) is 0 Å². The second-order valence-electron chi connectivity index (χ2n) is 3.55. The summed E-state index contributed by atoms with van der Waals surface area (Å²) in [5.41, 5.74) is -0.643. The molecule has 3 heteroatoms. The fraction of sp³-hybridized carbons (Fsp3) is 0.778. The Morgan fingerprint density at radius 3 is 2.92 bits per heavy atom. The fourth-order valence-electron chi connectivity index (χ4n) is 1.68. The van der Waals surface area contributed by atoms with Gasteiger partial charge in [0.2, 0.25) is 0 Å². The Bertz CT molecular complexity index is 231. The van der Waals surface area contributed by atoms with Crippen LogP contribution in [-0.2, 0) is 4.79 Å². The van der Waals surface area contributed by atoms with Crippen molar-refractivity contribution >= 4 is 5.78 Å². The summed E-state index contributed by atoms with van der Waals surface area (Å²) in [6, 6.07) is 2.00. The van der Waals surface area contributed by atoms with Gasteiger partial charge in [0.05, 0.1) is 17.6 Å². The highest BCUT2D eigenvalue weighted by Crippen LogP contribution is 2.38. The molecule has 0 radical (unpaired) electrons. The zero-order valence-electron chi connectivity index (χ0n) is 7.21. The Labute approximate surface area is 72.0 Å². The molecule has 1 fully saturated rings. The molecule has 0 aromatic heterocycles. The van der Waals surface area contributed by atoms with E-state index in [1.54, 1.807) is 6.92 Å². The van der Waals surface area contributed by atoms with Crippen molar-refractivity contribution in [2.24, 2.45) is 5.41 Å². The van der Waals surface area contributed by atoms with E-state index >= 15 is 0 Å². The van der Waals surface area contributed by atoms with Crippen molar-refractivity contribution in [1.29, 1.82) is 5.26 Å². The SMILES string of the molecule is C[C@@]1(CCC#N)C(=O)CC[C@@H]1O. The molecule has 0 bridgehead atoms. The van der Waals surface area contributed by atoms with Crippen LogP contribution in [-0.4, -0.2) is 17.0 Å². The summed E-state index contributed by atoms with van der Waals surface area (Å²) in [6.07, 6.45) is 1.31. The predicted molar refractivity (Wildman–Crippen MR) is 43.2 cm³/mol. The maximum absolute atomic E-state index is 11.3. The van der Waals surface area contributed by atoms with Crippen molar-refractivity contribution in [2.75, 3.05) is 0 Å². The zero-order valence-corrected chi connectivity index (χ0v) is 7.21. The Morgan fingerprint density at radius 1 is 1.83 bits per heavy atom. The molecule has 0 saturated heterocycles. The van der Waals surface area contributed by atoms with Crippen molar-refractivity contribution < 1.29 is 9.90 Å². The molecule has 0 heterocycles. The molecule has 12 heavy (non-hydrogen) atoms. The summed E-state index contributed by atoms with van der Waals surface area (Å²) >= 11 is 0. The molecule has 1 aliphatic rings. The molecular formula is C9H13NO2. The van der Waals surface area contributed by atoms with Crippen molar-refractivity contribution in [2.45, 2.75) is 38.7 Å². The lowest BCUT2D eigenvalue weighted by Crippen LogP contribution is -2.32. The Balaban J connectivity index is 2.67. The molecule has 0 unspecified atom stereocenters. The molecule has 1 saturated carbocycles. The van der Waals surface area contributed by atoms with Crippen molar-refractivity contribution in [3.63, 3.8) is 0 Å². The predicted octanol–water partition coefficient (Wildman–Crippen LogP) is 1.02. The van der Waals surface area contributed by atoms with Gasteiger partial charge >= 0.3 is 0 Å². The number of carbonyl (C=O) groups excluding carboxylic acids is 1. The largest absolute Gasteiger partial charge is 0.392 e. The average molecular weight is 167 g/mol. The zero-order chi connectivity index (χ0) is 9.19. The number of rotatable bonds is 2. The maximum atomic E-state index is 11.3. The number of aliphatic hydroxyl groups is 1. The maximum Gasteiger partial charge on any atom is 0.141 e. The van der Waals surface area contributed by atoms with Gasteiger partial charge in [0.1, 0.15) is 5.78 Å². The lowest BCUT2D eigenvalue weighted by molar-refractivity contribution is -0.128. The van der Waals surface area contributed by atoms with E-state index < -0.39 is 11.5 Å². The van der Waals surface area contributed by atoms with Gasteiger partial charge in [0.25, 0.3) is 0 Å². The monoisotopic (exact) mass is 167 g/mol. The van der Waals surface area contributed by atoms with Gasteiger partial charge in [-0.3, -0.25) is 4.79 Å². The third-order valence-corrected chi connectivity index (χ3v) is 2.77. The summed E-state index contributed by atoms with van der Waals surface area (Å²) in [5, 5.41) is 17.9. The smallest absolute Gasteiger partial charge is 0.141 e. The molecule has 66 valence electrons. The van der Waals surface area contributed by atoms with E-state index in [-0.39, 0.29) is 5.78 Å². The average Bonchev–Trinajstić information content (AvgIpc) is 2.30. The number of hydrogen-bond acceptors (Lipinski definition) is 3. The van der Waals surface area contributed by atoms with Crippen molar-refractivity contribution in [3.8, 4) is 6.07 Å². The van der Waals surface area contributed by atoms with Crippen LogP contribution in [0, 0.1) is 16.7 Å². The van der Waals surface area contributed by atoms with E-state index in [9.17, 15) is 9.90 Å². The molecule has 3 nitrogen and oxygen atoms in total. The van der Waals surface area contributed by atoms with Crippen LogP contribution in [0.2, 0.25) is 0 Å². The molecule has 0 spiro atoms. The number of carbonyl (C=O) groups is 1. The van der Waals surface area contributed by atoms with E-state index in [1.807, 2.05) is 6.07 Å². The molecule has 1 N–H and O–H groups in total. The number of ketones is 1. The van der Waals surface area contributed by atoms with E-state index in [0.29, 0.717) is 25.7 Å². The third-order valence-electron chi connectivity index (χ3n) is 2.77. The molecular weight excluding hydrogens is 154 g/mol. The third kappa shape index (κ3) is 1.35. The van der Waals surface area contributed by atoms with Crippen LogP contribution in [0.15, 0.2) is 0 Å². The van der Waals surface area contributed by atoms with Gasteiger partial charge in [-0.25, -0.2) is 0 Å². The van der Waals surface area contributed by atoms with E-state index in [2.05, 4.69) is 0 Å². The summed E-state index contributed by atoms with van der Waals surface area (Å²) in [4.78, 5) is 11.3. The highest BCUT2D eigenvalue weighted by molar-refractivity contribution is 5.87. The van der Waals surface area contributed by atoms with Gasteiger partial charge in [0.15, 0.2) is 0 Å². The Kier molecular flexibility index (Phi) is 2.49. The lowest BCUT2D eigenvalue weighted by atomic mass is 9.81. The quantitative estimate of drug-likeness (QED) is 0.668. The summed E-state index contributed by atoms with van der Waals surface area (Å²) < 4.78 is 0. The molecule has 2 atom stereocenters. The van der Waals surface area contributed by atoms with Crippen LogP contribution in [0.25, 0.3) is 0 Å². The van der Waals surface area contributed by atoms with Gasteiger partial charge in [-0.1, -0.05) is 6.92 Å². The number of aliphatic hydroxyl groups excluding tert-OH is 1. The van der Waals surface area contributed by atoms with Gasteiger partial charge in [-0.2, -0.15) is 5.26 Å². The normalized spacial score (nSPS) is 35.1. The molecule has 0 aromatic carbocycles. The van der Waals surface area contributed by atoms with Crippen LogP contribution >= 0.6 is 0 Å². The highest BCUT2D eigenvalue weighted by atomic mass is 16.3. The van der Waals surface area contributed by atoms with Gasteiger partial charge in [-0.15, -0.1) is 0 Å². The molecule has 0 aromatic rings. The minimum absolute atomic E-state index is 0.102. The first-order chi connectivity index (χ1) is 5.61. The van der Waals surface area contributed by atoms with E-state index in [4.69, 9.17) is 5.26 Å². The van der Waals surface area contributed by atoms with E-state index in [0.717, 1.165) is 0 Å². The summed E-state index contributed by atoms with van der Waals surface area (Å²) in [7, 11) is 0. The lowest BCUT2D eigenvalue weighted by Gasteiger charge is -2.24. The van der Waals surface area contributed by atoms with Crippen LogP contribution < -0.4 is 0 Å². The van der Waals surface area contributed by atoms with Crippen LogP contribution in [0.3, 0.4) is 0 Å². The van der Waals surface area contributed by atoms with Crippen LogP contribution in [0.5, 0.6) is 0 Å². The standard InChI is InChI=1S/C9H13NO2/c1-9(5-2-6-10)7(11)3-4-8(9)12/h7,11H,2-5H2,1H3/t7-,9-/m0/s1. The first-order valence-electron chi connectivity index (χ1n) is 4.19. The molecule has 1 rings (SSSR count). The number of hydrogen-bond donors (Lipinski definition) is 1. The first kappa shape index (κ1) is 9.21. The van der Waals surface area contributed by atoms with E-state index in [1.165, 1.54) is 0 Å². The summed E-state index contributed by atoms with van der Waals surface area (Å²) in [6.45, 7) is 1.75. The van der Waals surface area contributed by atoms with Gasteiger partial charge < -0.3 is 5.11 Å². The first-order valence-corrected chi connectivity index (χ1v) is 4.19. The van der Waals surface area contributed by atoms with Crippen LogP contribution in [0.4, 0.5) is 0 Å². The second-order valence-corrected chi connectivity index (χ2v) is 3.55. The van der Waals surface area contributed by atoms with Crippen LogP contribution in [0.1, 0.15) is 32.6 Å². The van der Waals surface area contributed by atoms with Gasteiger partial charge in [-0.05, 0) is 12.8 Å². The Morgan fingerprint density at radius 2 is 2.50 bits per heavy atom.